The number of amides is 1. The minimum absolute atomic E-state index is 0.349. The molecule has 0 bridgehead atoms. The van der Waals surface area contributed by atoms with Gasteiger partial charge in [0.1, 0.15) is 11.4 Å². The van der Waals surface area contributed by atoms with Crippen LogP contribution in [0, 0.1) is 12.3 Å². The molecule has 1 saturated heterocycles. The molecule has 0 radical (unpaired) electrons. The lowest BCUT2D eigenvalue weighted by Crippen LogP contribution is -2.47. The Morgan fingerprint density at radius 2 is 2.10 bits per heavy atom. The van der Waals surface area contributed by atoms with E-state index >= 15 is 0 Å². The molecule has 20 heavy (non-hydrogen) atoms. The van der Waals surface area contributed by atoms with Crippen LogP contribution in [-0.4, -0.2) is 39.9 Å². The number of carboxylic acids is 1. The molecular weight excluding hydrogens is 260 g/mol. The predicted octanol–water partition coefficient (Wildman–Crippen LogP) is 0.519. The first-order chi connectivity index (χ1) is 9.26. The summed E-state index contributed by atoms with van der Waals surface area (Å²) in [6.07, 6.45) is 1.38. The number of hydrogen-bond donors (Lipinski definition) is 2. The van der Waals surface area contributed by atoms with Crippen LogP contribution in [0.3, 0.4) is 0 Å². The number of hydrogen-bond acceptors (Lipinski definition) is 4. The molecule has 1 aromatic heterocycles. The highest BCUT2D eigenvalue weighted by Crippen LogP contribution is 2.34. The Bertz CT molecular complexity index is 566. The summed E-state index contributed by atoms with van der Waals surface area (Å²) < 4.78 is 1.60. The van der Waals surface area contributed by atoms with E-state index in [2.05, 4.69) is 5.10 Å². The van der Waals surface area contributed by atoms with Crippen LogP contribution in [0.2, 0.25) is 0 Å². The Kier molecular flexibility index (Phi) is 3.45. The molecule has 1 atom stereocenters. The monoisotopic (exact) mass is 280 g/mol. The van der Waals surface area contributed by atoms with Crippen LogP contribution >= 0.6 is 0 Å². The number of aromatic nitrogens is 2. The van der Waals surface area contributed by atoms with E-state index < -0.39 is 17.3 Å². The van der Waals surface area contributed by atoms with Crippen LogP contribution in [0.25, 0.3) is 0 Å². The lowest BCUT2D eigenvalue weighted by Gasteiger charge is -2.38. The number of carbonyl (C=O) groups is 2. The third-order valence-electron chi connectivity index (χ3n) is 3.95. The third kappa shape index (κ3) is 2.23. The van der Waals surface area contributed by atoms with Crippen molar-refractivity contribution in [2.75, 3.05) is 18.0 Å². The van der Waals surface area contributed by atoms with Crippen LogP contribution in [0.1, 0.15) is 35.8 Å². The largest absolute Gasteiger partial charge is 0.481 e. The van der Waals surface area contributed by atoms with E-state index in [1.54, 1.807) is 25.6 Å². The van der Waals surface area contributed by atoms with Crippen molar-refractivity contribution in [3.63, 3.8) is 0 Å². The normalized spacial score (nSPS) is 22.9. The van der Waals surface area contributed by atoms with Gasteiger partial charge in [-0.05, 0) is 26.7 Å². The van der Waals surface area contributed by atoms with E-state index in [-0.39, 0.29) is 0 Å². The summed E-state index contributed by atoms with van der Waals surface area (Å²) >= 11 is 0. The number of rotatable bonds is 3. The third-order valence-corrected chi connectivity index (χ3v) is 3.95. The van der Waals surface area contributed by atoms with E-state index in [0.29, 0.717) is 36.6 Å². The topological polar surface area (TPSA) is 101 Å². The number of nitrogens with two attached hydrogens (primary N) is 1. The van der Waals surface area contributed by atoms with Crippen LogP contribution in [0.15, 0.2) is 0 Å². The van der Waals surface area contributed by atoms with E-state index in [0.717, 1.165) is 6.42 Å². The quantitative estimate of drug-likeness (QED) is 0.840. The summed E-state index contributed by atoms with van der Waals surface area (Å²) in [5.74, 6) is -0.739. The first kappa shape index (κ1) is 14.4. The highest BCUT2D eigenvalue weighted by atomic mass is 16.4. The molecule has 1 unspecified atom stereocenters. The van der Waals surface area contributed by atoms with Crippen molar-refractivity contribution in [2.45, 2.75) is 26.7 Å². The van der Waals surface area contributed by atoms with Crippen molar-refractivity contribution in [2.24, 2.45) is 18.2 Å². The van der Waals surface area contributed by atoms with E-state index in [9.17, 15) is 14.7 Å². The summed E-state index contributed by atoms with van der Waals surface area (Å²) in [4.78, 5) is 24.9. The van der Waals surface area contributed by atoms with Crippen molar-refractivity contribution >= 4 is 17.7 Å². The van der Waals surface area contributed by atoms with Crippen molar-refractivity contribution in [1.82, 2.24) is 9.78 Å². The van der Waals surface area contributed by atoms with Gasteiger partial charge in [-0.1, -0.05) is 0 Å². The lowest BCUT2D eigenvalue weighted by atomic mass is 9.82. The van der Waals surface area contributed by atoms with E-state index in [1.807, 2.05) is 4.90 Å². The number of piperidine rings is 1. The van der Waals surface area contributed by atoms with Gasteiger partial charge in [0.25, 0.3) is 5.91 Å². The Morgan fingerprint density at radius 1 is 1.45 bits per heavy atom. The van der Waals surface area contributed by atoms with Crippen molar-refractivity contribution in [3.05, 3.63) is 11.3 Å². The van der Waals surface area contributed by atoms with Crippen molar-refractivity contribution < 1.29 is 14.7 Å². The Labute approximate surface area is 117 Å². The minimum atomic E-state index is -0.818. The van der Waals surface area contributed by atoms with E-state index in [4.69, 9.17) is 5.73 Å². The van der Waals surface area contributed by atoms with Gasteiger partial charge in [0.05, 0.1) is 11.1 Å². The Hall–Kier alpha value is -2.05. The second kappa shape index (κ2) is 4.81. The molecule has 2 rings (SSSR count). The molecule has 110 valence electrons. The zero-order valence-corrected chi connectivity index (χ0v) is 12.0. The number of nitrogens with zero attached hydrogens (tertiary/aromatic N) is 3. The molecule has 1 amide bonds. The smallest absolute Gasteiger partial charge is 0.311 e. The number of carbonyl (C=O) groups excluding carboxylic acids is 1. The highest BCUT2D eigenvalue weighted by molar-refractivity contribution is 5.99. The van der Waals surface area contributed by atoms with Gasteiger partial charge >= 0.3 is 5.97 Å². The summed E-state index contributed by atoms with van der Waals surface area (Å²) in [5.41, 5.74) is 5.56. The molecule has 1 fully saturated rings. The fraction of sp³-hybridized carbons (Fsp3) is 0.615. The maximum absolute atomic E-state index is 11.6. The number of aryl methyl sites for hydroxylation is 2. The number of anilines is 1. The van der Waals surface area contributed by atoms with E-state index in [1.165, 1.54) is 0 Å². The van der Waals surface area contributed by atoms with Gasteiger partial charge in [-0.15, -0.1) is 0 Å². The molecule has 1 aliphatic heterocycles. The van der Waals surface area contributed by atoms with Gasteiger partial charge in [0.15, 0.2) is 0 Å². The first-order valence-corrected chi connectivity index (χ1v) is 6.58. The zero-order chi connectivity index (χ0) is 15.1. The first-order valence-electron chi connectivity index (χ1n) is 6.58. The van der Waals surface area contributed by atoms with Crippen molar-refractivity contribution in [3.8, 4) is 0 Å². The molecule has 3 N–H and O–H groups in total. The van der Waals surface area contributed by atoms with Crippen LogP contribution in [-0.2, 0) is 11.8 Å². The maximum atomic E-state index is 11.6. The fourth-order valence-corrected chi connectivity index (χ4v) is 2.89. The average Bonchev–Trinajstić information content (AvgIpc) is 2.64. The summed E-state index contributed by atoms with van der Waals surface area (Å²) in [5, 5.41) is 13.6. The van der Waals surface area contributed by atoms with Gasteiger partial charge in [-0.3, -0.25) is 14.3 Å². The molecule has 1 aliphatic rings. The summed E-state index contributed by atoms with van der Waals surface area (Å²) in [6, 6.07) is 0. The average molecular weight is 280 g/mol. The molecule has 0 spiro atoms. The molecule has 7 nitrogen and oxygen atoms in total. The Balaban J connectivity index is 2.42. The highest BCUT2D eigenvalue weighted by Gasteiger charge is 2.39. The van der Waals surface area contributed by atoms with Crippen LogP contribution in [0.4, 0.5) is 5.82 Å². The summed E-state index contributed by atoms with van der Waals surface area (Å²) in [7, 11) is 1.74. The second-order valence-corrected chi connectivity index (χ2v) is 5.66. The van der Waals surface area contributed by atoms with Crippen molar-refractivity contribution in [1.29, 1.82) is 0 Å². The molecule has 0 aromatic carbocycles. The molecular formula is C13H20N4O3. The number of aliphatic carboxylic acids is 1. The molecule has 0 aliphatic carbocycles. The molecule has 7 heteroatoms. The SMILES string of the molecule is Cc1nn(C)c(N2CCCC(C)(C(=O)O)C2)c1C(N)=O. The van der Waals surface area contributed by atoms with Gasteiger partial charge in [0, 0.05) is 20.1 Å². The number of carboxylic acid groups (broad SMARTS) is 1. The van der Waals surface area contributed by atoms with Gasteiger partial charge in [-0.25, -0.2) is 0 Å². The summed E-state index contributed by atoms with van der Waals surface area (Å²) in [6.45, 7) is 4.50. The Morgan fingerprint density at radius 3 is 2.65 bits per heavy atom. The molecule has 1 aromatic rings. The predicted molar refractivity (Wildman–Crippen MR) is 73.7 cm³/mol. The van der Waals surface area contributed by atoms with Crippen LogP contribution < -0.4 is 10.6 Å². The molecule has 0 saturated carbocycles. The lowest BCUT2D eigenvalue weighted by molar-refractivity contribution is -0.148. The second-order valence-electron chi connectivity index (χ2n) is 5.66. The zero-order valence-electron chi connectivity index (χ0n) is 12.0. The standard InChI is InChI=1S/C13H20N4O3/c1-8-9(10(14)18)11(16(3)15-8)17-6-4-5-13(2,7-17)12(19)20/h4-7H2,1-3H3,(H2,14,18)(H,19,20). The fourth-order valence-electron chi connectivity index (χ4n) is 2.89. The maximum Gasteiger partial charge on any atom is 0.311 e. The number of primary amides is 1. The van der Waals surface area contributed by atoms with Crippen LogP contribution in [0.5, 0.6) is 0 Å². The molecule has 2 heterocycles. The van der Waals surface area contributed by atoms with Gasteiger partial charge in [0.2, 0.25) is 0 Å². The minimum Gasteiger partial charge on any atom is -0.481 e. The van der Waals surface area contributed by atoms with Gasteiger partial charge in [-0.2, -0.15) is 5.10 Å². The van der Waals surface area contributed by atoms with Gasteiger partial charge < -0.3 is 15.7 Å².